The largest absolute Gasteiger partial charge is 0.355 e. The molecule has 0 aliphatic rings. The number of anilines is 2. The normalized spacial score (nSPS) is 10.0. The Bertz CT molecular complexity index is 540. The van der Waals surface area contributed by atoms with E-state index in [1.54, 1.807) is 18.2 Å². The minimum Gasteiger partial charge on any atom is -0.355 e. The van der Waals surface area contributed by atoms with Crippen LogP contribution < -0.4 is 5.32 Å². The molecule has 1 N–H and O–H groups in total. The minimum atomic E-state index is -0.284. The quantitative estimate of drug-likeness (QED) is 0.676. The fourth-order valence-corrected chi connectivity index (χ4v) is 1.92. The fraction of sp³-hybridized carbons (Fsp3) is 0. The van der Waals surface area contributed by atoms with Crippen molar-refractivity contribution in [3.8, 4) is 0 Å². The van der Waals surface area contributed by atoms with Crippen LogP contribution in [-0.4, -0.2) is 6.29 Å². The Balaban J connectivity index is 2.31. The van der Waals surface area contributed by atoms with Crippen molar-refractivity contribution < 1.29 is 9.18 Å². The van der Waals surface area contributed by atoms with Gasteiger partial charge in [-0.05, 0) is 65.1 Å². The van der Waals surface area contributed by atoms with Crippen LogP contribution in [0, 0.1) is 9.39 Å². The van der Waals surface area contributed by atoms with Crippen molar-refractivity contribution in [2.45, 2.75) is 0 Å². The molecule has 0 atom stereocenters. The highest BCUT2D eigenvalue weighted by molar-refractivity contribution is 14.1. The Morgan fingerprint density at radius 3 is 2.47 bits per heavy atom. The maximum Gasteiger partial charge on any atom is 0.152 e. The molecule has 4 heteroatoms. The summed E-state index contributed by atoms with van der Waals surface area (Å²) in [5.41, 5.74) is 2.05. The highest BCUT2D eigenvalue weighted by Gasteiger charge is 2.03. The molecule has 0 bridgehead atoms. The van der Waals surface area contributed by atoms with Crippen LogP contribution in [0.5, 0.6) is 0 Å². The van der Waals surface area contributed by atoms with Crippen molar-refractivity contribution in [1.82, 2.24) is 0 Å². The zero-order valence-corrected chi connectivity index (χ0v) is 10.9. The SMILES string of the molecule is O=Cc1ccc(I)cc1Nc1ccc(F)cc1. The summed E-state index contributed by atoms with van der Waals surface area (Å²) >= 11 is 2.17. The second kappa shape index (κ2) is 5.27. The maximum absolute atomic E-state index is 12.7. The molecule has 2 aromatic rings. The van der Waals surface area contributed by atoms with Gasteiger partial charge in [-0.2, -0.15) is 0 Å². The summed E-state index contributed by atoms with van der Waals surface area (Å²) in [5.74, 6) is -0.284. The molecule has 0 saturated heterocycles. The van der Waals surface area contributed by atoms with E-state index in [1.807, 2.05) is 12.1 Å². The fourth-order valence-electron chi connectivity index (χ4n) is 1.43. The topological polar surface area (TPSA) is 29.1 Å². The van der Waals surface area contributed by atoms with E-state index in [4.69, 9.17) is 0 Å². The summed E-state index contributed by atoms with van der Waals surface area (Å²) in [6, 6.07) is 11.5. The van der Waals surface area contributed by atoms with Gasteiger partial charge in [0, 0.05) is 14.8 Å². The highest BCUT2D eigenvalue weighted by atomic mass is 127. The standard InChI is InChI=1S/C13H9FINO/c14-10-2-5-12(6-3-10)16-13-7-11(15)4-1-9(13)8-17/h1-8,16H. The van der Waals surface area contributed by atoms with Crippen LogP contribution >= 0.6 is 22.6 Å². The van der Waals surface area contributed by atoms with Crippen LogP contribution in [0.4, 0.5) is 15.8 Å². The van der Waals surface area contributed by atoms with E-state index in [1.165, 1.54) is 12.1 Å². The third-order valence-corrected chi connectivity index (χ3v) is 2.94. The Hall–Kier alpha value is -1.43. The first-order valence-electron chi connectivity index (χ1n) is 4.96. The predicted octanol–water partition coefficient (Wildman–Crippen LogP) is 3.99. The molecule has 0 aliphatic carbocycles. The lowest BCUT2D eigenvalue weighted by atomic mass is 10.2. The van der Waals surface area contributed by atoms with Crippen LogP contribution in [0.25, 0.3) is 0 Å². The third kappa shape index (κ3) is 3.03. The van der Waals surface area contributed by atoms with Crippen LogP contribution in [0.1, 0.15) is 10.4 Å². The van der Waals surface area contributed by atoms with E-state index in [0.29, 0.717) is 5.56 Å². The van der Waals surface area contributed by atoms with E-state index < -0.39 is 0 Å². The van der Waals surface area contributed by atoms with Gasteiger partial charge in [0.05, 0.1) is 5.69 Å². The molecular weight excluding hydrogens is 332 g/mol. The first-order valence-corrected chi connectivity index (χ1v) is 6.04. The average molecular weight is 341 g/mol. The molecule has 17 heavy (non-hydrogen) atoms. The highest BCUT2D eigenvalue weighted by Crippen LogP contribution is 2.22. The van der Waals surface area contributed by atoms with E-state index in [2.05, 4.69) is 27.9 Å². The summed E-state index contributed by atoms with van der Waals surface area (Å²) in [6.45, 7) is 0. The van der Waals surface area contributed by atoms with Gasteiger partial charge < -0.3 is 5.32 Å². The van der Waals surface area contributed by atoms with Crippen molar-refractivity contribution in [2.24, 2.45) is 0 Å². The first kappa shape index (κ1) is 12.0. The number of halogens is 2. The molecule has 0 amide bonds. The summed E-state index contributed by atoms with van der Waals surface area (Å²) in [6.07, 6.45) is 0.794. The van der Waals surface area contributed by atoms with Crippen LogP contribution in [0.2, 0.25) is 0 Å². The molecule has 0 saturated carbocycles. The van der Waals surface area contributed by atoms with Gasteiger partial charge in [-0.3, -0.25) is 4.79 Å². The number of carbonyl (C=O) groups excluding carboxylic acids is 1. The number of nitrogens with one attached hydrogen (secondary N) is 1. The molecule has 0 unspecified atom stereocenters. The van der Waals surface area contributed by atoms with Crippen LogP contribution in [0.3, 0.4) is 0 Å². The van der Waals surface area contributed by atoms with E-state index >= 15 is 0 Å². The smallest absolute Gasteiger partial charge is 0.152 e. The number of rotatable bonds is 3. The van der Waals surface area contributed by atoms with Gasteiger partial charge in [0.15, 0.2) is 6.29 Å². The number of carbonyl (C=O) groups is 1. The Morgan fingerprint density at radius 1 is 1.12 bits per heavy atom. The van der Waals surface area contributed by atoms with Gasteiger partial charge in [-0.25, -0.2) is 4.39 Å². The summed E-state index contributed by atoms with van der Waals surface area (Å²) in [7, 11) is 0. The van der Waals surface area contributed by atoms with Gasteiger partial charge in [0.2, 0.25) is 0 Å². The molecule has 0 heterocycles. The maximum atomic E-state index is 12.7. The Kier molecular flexibility index (Phi) is 3.73. The molecule has 86 valence electrons. The monoisotopic (exact) mass is 341 g/mol. The molecule has 0 fully saturated rings. The summed E-state index contributed by atoms with van der Waals surface area (Å²) in [4.78, 5) is 10.9. The average Bonchev–Trinajstić information content (AvgIpc) is 2.32. The number of hydrogen-bond donors (Lipinski definition) is 1. The summed E-state index contributed by atoms with van der Waals surface area (Å²) < 4.78 is 13.8. The molecule has 0 spiro atoms. The Labute approximate surface area is 112 Å². The number of aldehydes is 1. The zero-order chi connectivity index (χ0) is 12.3. The van der Waals surface area contributed by atoms with Crippen molar-refractivity contribution in [1.29, 1.82) is 0 Å². The van der Waals surface area contributed by atoms with Gasteiger partial charge >= 0.3 is 0 Å². The van der Waals surface area contributed by atoms with Crippen molar-refractivity contribution in [3.05, 3.63) is 57.4 Å². The molecule has 0 aliphatic heterocycles. The van der Waals surface area contributed by atoms with Gasteiger partial charge in [0.1, 0.15) is 5.82 Å². The van der Waals surface area contributed by atoms with Crippen molar-refractivity contribution in [3.63, 3.8) is 0 Å². The number of benzene rings is 2. The van der Waals surface area contributed by atoms with Gasteiger partial charge in [-0.15, -0.1) is 0 Å². The molecule has 0 aromatic heterocycles. The zero-order valence-electron chi connectivity index (χ0n) is 8.78. The van der Waals surface area contributed by atoms with E-state index in [-0.39, 0.29) is 5.82 Å². The van der Waals surface area contributed by atoms with Gasteiger partial charge in [-0.1, -0.05) is 0 Å². The molecule has 2 rings (SSSR count). The molecular formula is C13H9FINO. The molecule has 2 nitrogen and oxygen atoms in total. The Morgan fingerprint density at radius 2 is 1.82 bits per heavy atom. The third-order valence-electron chi connectivity index (χ3n) is 2.27. The second-order valence-corrected chi connectivity index (χ2v) is 4.73. The summed E-state index contributed by atoms with van der Waals surface area (Å²) in [5, 5.41) is 3.09. The van der Waals surface area contributed by atoms with E-state index in [9.17, 15) is 9.18 Å². The number of hydrogen-bond acceptors (Lipinski definition) is 2. The lowest BCUT2D eigenvalue weighted by Gasteiger charge is -2.09. The minimum absolute atomic E-state index is 0.284. The van der Waals surface area contributed by atoms with Crippen molar-refractivity contribution >= 4 is 40.3 Å². The first-order chi connectivity index (χ1) is 8.19. The lowest BCUT2D eigenvalue weighted by molar-refractivity contribution is 0.112. The predicted molar refractivity (Wildman–Crippen MR) is 74.2 cm³/mol. The van der Waals surface area contributed by atoms with E-state index in [0.717, 1.165) is 21.2 Å². The van der Waals surface area contributed by atoms with Crippen LogP contribution in [-0.2, 0) is 0 Å². The van der Waals surface area contributed by atoms with Gasteiger partial charge in [0.25, 0.3) is 0 Å². The molecule has 2 aromatic carbocycles. The molecule has 0 radical (unpaired) electrons. The van der Waals surface area contributed by atoms with Crippen molar-refractivity contribution in [2.75, 3.05) is 5.32 Å². The lowest BCUT2D eigenvalue weighted by Crippen LogP contribution is -1.95. The van der Waals surface area contributed by atoms with Crippen LogP contribution in [0.15, 0.2) is 42.5 Å². The second-order valence-electron chi connectivity index (χ2n) is 3.48.